The van der Waals surface area contributed by atoms with Gasteiger partial charge in [-0.25, -0.2) is 14.4 Å². The third-order valence-corrected chi connectivity index (χ3v) is 23.9. The Balaban J connectivity index is 0.000000145. The Hall–Kier alpha value is -13.7. The fraction of sp³-hybridized carbons (Fsp3) is 0.0678. The van der Waals surface area contributed by atoms with Crippen LogP contribution in [0.2, 0.25) is 0 Å². The van der Waals surface area contributed by atoms with Crippen LogP contribution in [0.15, 0.2) is 424 Å². The molecule has 21 aromatic rings. The molecule has 7 nitrogen and oxygen atoms in total. The van der Waals surface area contributed by atoms with Crippen LogP contribution in [0, 0.1) is 19.9 Å². The molecule has 4 radical (unpaired) electrons. The summed E-state index contributed by atoms with van der Waals surface area (Å²) in [4.78, 5) is 28.0. The van der Waals surface area contributed by atoms with Gasteiger partial charge in [0.05, 0.1) is 51.1 Å². The zero-order valence-corrected chi connectivity index (χ0v) is 80.9. The van der Waals surface area contributed by atoms with E-state index < -0.39 is 0 Å². The van der Waals surface area contributed by atoms with Gasteiger partial charge in [0.1, 0.15) is 7.57 Å². The fourth-order valence-electron chi connectivity index (χ4n) is 17.7. The molecular weight excluding hydrogens is 1980 g/mol. The van der Waals surface area contributed by atoms with Crippen molar-refractivity contribution in [3.8, 4) is 95.1 Å². The molecule has 0 bridgehead atoms. The molecule has 1 N–H and O–H groups in total. The van der Waals surface area contributed by atoms with Gasteiger partial charge in [0.25, 0.3) is 0 Å². The number of halogens is 1. The average molecular weight is 2080 g/mol. The number of ketones is 1. The molecule has 1 unspecified atom stereocenters. The first-order valence-electron chi connectivity index (χ1n) is 43.1. The summed E-state index contributed by atoms with van der Waals surface area (Å²) in [6.45, 7) is 11.7. The summed E-state index contributed by atoms with van der Waals surface area (Å²) in [5.41, 5.74) is 33.1. The predicted octanol–water partition coefficient (Wildman–Crippen LogP) is 30.8. The standard InChI is InChI=1S/C51H38N2.C44H28N2.C17H14N.C5H8O2.CH3BFP.Bi.Ir.2H/c1-51(2)47-19-11-9-17-43(47)44-31-30-42(34-48(44)51)52(40-26-21-36(22-27-40)35-13-5-3-6-14-35)41-28-23-37(24-29-41)38-25-32-50-46(33-38)45-18-10-12-20-49(45)53(50)39-15-7-4-8-16-39;1-3-13-31(14-4-1)39-27-41(35-21-19-29-11-7-9-17-33(29)25-35)45-43-37(39)23-24-38-40(32-15-5-2-6-16-32)28-42(46-44(38)43)36-22-20-30-12-8-10-18-34(30)26-36;1-12-9-13(2)11-15(10-12)17-8-7-14-5-3-4-6-16(14)18-17;1-4(6)3-5(2)7;2-4-1-3;;;;/h3-34H,1-2H3;1-28H;3-10H,1-2H3;3,6H,1-2H3;4H,1H2;;;;/q;;-1;;;;;;. The number of pyridine rings is 3. The van der Waals surface area contributed by atoms with Crippen molar-refractivity contribution < 1.29 is 34.4 Å². The summed E-state index contributed by atoms with van der Waals surface area (Å²) in [5.74, 6) is -0.0625. The van der Waals surface area contributed by atoms with Gasteiger partial charge in [0.15, 0.2) is 5.78 Å². The molecule has 1 atom stereocenters. The van der Waals surface area contributed by atoms with E-state index in [2.05, 4.69) is 445 Å². The molecule has 1 aliphatic rings. The number of hydrogen-bond acceptors (Lipinski definition) is 6. The topological polar surface area (TPSA) is 84.1 Å². The smallest absolute Gasteiger partial charge is 0.0978 e. The average Bonchev–Trinajstić information content (AvgIpc) is 1.72. The van der Waals surface area contributed by atoms with Gasteiger partial charge >= 0.3 is 26.2 Å². The van der Waals surface area contributed by atoms with Crippen molar-refractivity contribution in [2.75, 3.05) is 11.3 Å². The zero-order valence-electron chi connectivity index (χ0n) is 73.0. The van der Waals surface area contributed by atoms with E-state index in [1.54, 1.807) is 0 Å². The van der Waals surface area contributed by atoms with Gasteiger partial charge in [-0.15, -0.1) is 43.3 Å². The molecule has 1 aliphatic carbocycles. The van der Waals surface area contributed by atoms with E-state index >= 15 is 0 Å². The molecule has 12 heteroatoms. The van der Waals surface area contributed by atoms with Crippen molar-refractivity contribution in [3.63, 3.8) is 0 Å². The van der Waals surface area contributed by atoms with E-state index in [0.29, 0.717) is 0 Å². The summed E-state index contributed by atoms with van der Waals surface area (Å²) in [6, 6.07) is 151. The normalized spacial score (nSPS) is 11.7. The van der Waals surface area contributed by atoms with Gasteiger partial charge in [0.2, 0.25) is 0 Å². The van der Waals surface area contributed by atoms with E-state index in [9.17, 15) is 9.18 Å². The number of fused-ring (bicyclic) bond motifs is 12. The van der Waals surface area contributed by atoms with Crippen molar-refractivity contribution in [1.29, 1.82) is 0 Å². The number of para-hydroxylation sites is 3. The van der Waals surface area contributed by atoms with Gasteiger partial charge < -0.3 is 14.6 Å². The van der Waals surface area contributed by atoms with Gasteiger partial charge in [-0.2, -0.15) is 0 Å². The van der Waals surface area contributed by atoms with Crippen molar-refractivity contribution >= 4 is 141 Å². The van der Waals surface area contributed by atoms with Crippen LogP contribution in [0.5, 0.6) is 0 Å². The molecule has 0 saturated heterocycles. The van der Waals surface area contributed by atoms with E-state index in [1.807, 2.05) is 18.2 Å². The minimum atomic E-state index is -0.375. The molecule has 130 heavy (non-hydrogen) atoms. The Kier molecular flexibility index (Phi) is 27.8. The van der Waals surface area contributed by atoms with Gasteiger partial charge in [-0.3, -0.25) is 9.78 Å². The van der Waals surface area contributed by atoms with Crippen molar-refractivity contribution in [2.24, 2.45) is 0 Å². The Labute approximate surface area is 794 Å². The molecule has 22 rings (SSSR count). The number of allylic oxidation sites excluding steroid dienone is 2. The first-order chi connectivity index (χ1) is 62.6. The van der Waals surface area contributed by atoms with Gasteiger partial charge in [0, 0.05) is 87.0 Å². The molecule has 0 aliphatic heterocycles. The quantitative estimate of drug-likeness (QED) is 0.0309. The van der Waals surface area contributed by atoms with E-state index in [0.717, 1.165) is 106 Å². The third-order valence-electron chi connectivity index (χ3n) is 23.7. The molecule has 4 aromatic heterocycles. The van der Waals surface area contributed by atoms with Gasteiger partial charge in [-0.05, 0) is 210 Å². The number of aromatic nitrogens is 4. The SMILES string of the molecule is CC(=O)C=C(C)O.CC1(C)c2ccccc2-c2ccc(N(c3ccc(-c4ccccc4)cc3)c3ccc(-c4ccc5c(c4)c4ccccc4n5-c4ccccc4)cc3)cc21.Cc1[c-]c(-c2ccc3ccccc3n2)cc(C)c1.[B]PCF.[BiH2].[Ir].c1ccc(-c2cc(-c3ccc4ccccc4c3)nc3c2ccc2c(-c4ccccc4)cc(-c4ccc5ccccc5c4)nc23)cc1. The maximum atomic E-state index is 10.6. The number of aliphatic hydroxyl groups excluding tert-OH is 1. The zero-order chi connectivity index (χ0) is 87.8. The Morgan fingerprint density at radius 2 is 0.846 bits per heavy atom. The van der Waals surface area contributed by atoms with Crippen LogP contribution in [0.3, 0.4) is 0 Å². The van der Waals surface area contributed by atoms with Crippen molar-refractivity contribution in [2.45, 2.75) is 47.0 Å². The fourth-order valence-corrected chi connectivity index (χ4v) is 17.7. The molecule has 632 valence electrons. The number of nitrogens with zero attached hydrogens (tertiary/aromatic N) is 5. The molecule has 0 amide bonds. The maximum absolute atomic E-state index is 10.6. The molecule has 4 heterocycles. The first kappa shape index (κ1) is 89.6. The molecule has 17 aromatic carbocycles. The maximum Gasteiger partial charge on any atom is 0.0978 e. The number of alkyl halides is 1. The summed E-state index contributed by atoms with van der Waals surface area (Å²) in [5, 5.41) is 19.1. The molecule has 0 saturated carbocycles. The van der Waals surface area contributed by atoms with Crippen LogP contribution >= 0.6 is 8.46 Å². The second-order valence-electron chi connectivity index (χ2n) is 32.8. The Morgan fingerprint density at radius 1 is 0.400 bits per heavy atom. The number of rotatable bonds is 13. The predicted molar refractivity (Wildman–Crippen MR) is 549 cm³/mol. The van der Waals surface area contributed by atoms with Crippen molar-refractivity contribution in [3.05, 3.63) is 453 Å². The largest absolute Gasteiger partial charge is 0.245 e. The number of hydrogen-bond donors (Lipinski definition) is 1. The molecule has 0 spiro atoms. The minimum Gasteiger partial charge on any atom is -0.245 e. The van der Waals surface area contributed by atoms with Crippen LogP contribution in [0.1, 0.15) is 49.9 Å². The number of carbonyl (C=O) groups is 1. The summed E-state index contributed by atoms with van der Waals surface area (Å²) in [6.07, 6.45) is 0.792. The van der Waals surface area contributed by atoms with Crippen molar-refractivity contribution in [1.82, 2.24) is 19.5 Å². The number of aryl methyl sites for hydroxylation is 2. The number of anilines is 3. The Bertz CT molecular complexity index is 7500. The number of benzene rings is 17. The minimum absolute atomic E-state index is 0. The molecule has 0 fully saturated rings. The summed E-state index contributed by atoms with van der Waals surface area (Å²) < 4.78 is 13.0. The first-order valence-corrected chi connectivity index (χ1v) is 44.4. The Morgan fingerprint density at radius 3 is 1.39 bits per heavy atom. The number of aliphatic hydroxyl groups is 1. The van der Waals surface area contributed by atoms with Crippen LogP contribution in [-0.2, 0) is 30.3 Å². The van der Waals surface area contributed by atoms with Gasteiger partial charge in [-0.1, -0.05) is 331 Å². The van der Waals surface area contributed by atoms with Crippen LogP contribution in [0.4, 0.5) is 21.5 Å². The van der Waals surface area contributed by atoms with Crippen LogP contribution in [0.25, 0.3) is 171 Å². The summed E-state index contributed by atoms with van der Waals surface area (Å²) >= 11 is 0. The molecular formula is C118H93BBiFIrN5O2P-. The summed E-state index contributed by atoms with van der Waals surface area (Å²) in [7, 11) is 4.65. The number of carbonyl (C=O) groups excluding carboxylic acids is 1. The van der Waals surface area contributed by atoms with E-state index in [-0.39, 0.29) is 78.1 Å². The monoisotopic (exact) mass is 2070 g/mol. The van der Waals surface area contributed by atoms with Crippen LogP contribution in [-0.4, -0.2) is 70.6 Å². The third kappa shape index (κ3) is 19.2. The van der Waals surface area contributed by atoms with E-state index in [4.69, 9.17) is 20.1 Å². The van der Waals surface area contributed by atoms with E-state index in [1.165, 1.54) is 124 Å². The second-order valence-corrected chi connectivity index (χ2v) is 33.5. The second kappa shape index (κ2) is 40.3. The van der Waals surface area contributed by atoms with Crippen LogP contribution < -0.4 is 4.90 Å².